The third-order valence-corrected chi connectivity index (χ3v) is 2.75. The molecule has 0 aromatic heterocycles. The molecule has 0 aliphatic carbocycles. The number of hydrogen-bond acceptors (Lipinski definition) is 3. The molecule has 0 bridgehead atoms. The average molecular weight is 282 g/mol. The minimum atomic E-state index is -1.20. The predicted molar refractivity (Wildman–Crippen MR) is 72.3 cm³/mol. The van der Waals surface area contributed by atoms with Gasteiger partial charge in [0.05, 0.1) is 0 Å². The van der Waals surface area contributed by atoms with E-state index in [0.29, 0.717) is 6.42 Å². The van der Waals surface area contributed by atoms with Gasteiger partial charge in [-0.2, -0.15) is 0 Å². The van der Waals surface area contributed by atoms with Crippen molar-refractivity contribution in [3.05, 3.63) is 35.5 Å². The summed E-state index contributed by atoms with van der Waals surface area (Å²) in [5.74, 6) is -4.12. The van der Waals surface area contributed by atoms with Gasteiger partial charge >= 0.3 is 17.9 Å². The van der Waals surface area contributed by atoms with Crippen LogP contribution in [0.2, 0.25) is 0 Å². The van der Waals surface area contributed by atoms with E-state index in [1.807, 2.05) is 0 Å². The molecule has 0 fully saturated rings. The van der Waals surface area contributed by atoms with Crippen molar-refractivity contribution in [3.8, 4) is 0 Å². The largest absolute Gasteiger partial charge is 0.478 e. The molecule has 1 unspecified atom stereocenters. The third kappa shape index (κ3) is 5.51. The van der Waals surface area contributed by atoms with Crippen LogP contribution in [0.3, 0.4) is 0 Å². The van der Waals surface area contributed by atoms with E-state index in [1.165, 1.54) is 19.1 Å². The van der Waals surface area contributed by atoms with E-state index in [9.17, 15) is 14.4 Å². The van der Waals surface area contributed by atoms with E-state index >= 15 is 0 Å². The summed E-state index contributed by atoms with van der Waals surface area (Å²) in [6.07, 6.45) is 2.90. The maximum absolute atomic E-state index is 11.2. The molecule has 110 valence electrons. The van der Waals surface area contributed by atoms with Gasteiger partial charge in [-0.1, -0.05) is 25.7 Å². The molecular formula is C14H18O6. The first-order chi connectivity index (χ1) is 9.20. The fraction of sp³-hybridized carbons (Fsp3) is 0.357. The quantitative estimate of drug-likeness (QED) is 0.588. The fourth-order valence-electron chi connectivity index (χ4n) is 1.52. The van der Waals surface area contributed by atoms with Crippen molar-refractivity contribution in [3.63, 3.8) is 0 Å². The van der Waals surface area contributed by atoms with E-state index < -0.39 is 23.8 Å². The number of carbonyl (C=O) groups is 3. The van der Waals surface area contributed by atoms with Crippen molar-refractivity contribution in [2.24, 2.45) is 5.92 Å². The van der Waals surface area contributed by atoms with Crippen molar-refractivity contribution in [2.45, 2.75) is 26.7 Å². The molecule has 0 rings (SSSR count). The number of carboxylic acid groups (broad SMARTS) is 3. The van der Waals surface area contributed by atoms with Gasteiger partial charge in [-0.05, 0) is 19.8 Å². The number of rotatable bonds is 8. The van der Waals surface area contributed by atoms with Gasteiger partial charge < -0.3 is 15.3 Å². The lowest BCUT2D eigenvalue weighted by Crippen LogP contribution is -2.12. The summed E-state index contributed by atoms with van der Waals surface area (Å²) in [6.45, 7) is 6.41. The Balaban J connectivity index is 5.33. The Bertz CT molecular complexity index is 484. The van der Waals surface area contributed by atoms with E-state index in [4.69, 9.17) is 15.3 Å². The molecule has 0 heterocycles. The Morgan fingerprint density at radius 2 is 1.65 bits per heavy atom. The lowest BCUT2D eigenvalue weighted by molar-refractivity contribution is -0.134. The summed E-state index contributed by atoms with van der Waals surface area (Å²) in [5, 5.41) is 26.6. The third-order valence-electron chi connectivity index (χ3n) is 2.75. The van der Waals surface area contributed by atoms with Crippen LogP contribution in [0, 0.1) is 5.92 Å². The summed E-state index contributed by atoms with van der Waals surface area (Å²) in [7, 11) is 0. The van der Waals surface area contributed by atoms with Gasteiger partial charge in [0.25, 0.3) is 0 Å². The van der Waals surface area contributed by atoms with E-state index in [2.05, 4.69) is 6.58 Å². The highest BCUT2D eigenvalue weighted by Gasteiger charge is 2.18. The SMILES string of the molecule is C=C(CC=C(C(=O)O)C(C=C(C)C(=O)O)CC)C(=O)O. The molecular weight excluding hydrogens is 264 g/mol. The molecule has 20 heavy (non-hydrogen) atoms. The topological polar surface area (TPSA) is 112 Å². The molecule has 0 saturated carbocycles. The van der Waals surface area contributed by atoms with Crippen LogP contribution in [0.5, 0.6) is 0 Å². The number of carboxylic acids is 3. The van der Waals surface area contributed by atoms with Crippen LogP contribution in [0.25, 0.3) is 0 Å². The maximum atomic E-state index is 11.2. The van der Waals surface area contributed by atoms with Crippen molar-refractivity contribution in [1.82, 2.24) is 0 Å². The molecule has 0 radical (unpaired) electrons. The van der Waals surface area contributed by atoms with Crippen molar-refractivity contribution in [2.75, 3.05) is 0 Å². The highest BCUT2D eigenvalue weighted by molar-refractivity contribution is 5.90. The van der Waals surface area contributed by atoms with Crippen LogP contribution in [-0.4, -0.2) is 33.2 Å². The van der Waals surface area contributed by atoms with Gasteiger partial charge in [-0.3, -0.25) is 0 Å². The lowest BCUT2D eigenvalue weighted by Gasteiger charge is -2.12. The first-order valence-corrected chi connectivity index (χ1v) is 5.96. The highest BCUT2D eigenvalue weighted by Crippen LogP contribution is 2.20. The van der Waals surface area contributed by atoms with Gasteiger partial charge in [-0.15, -0.1) is 0 Å². The average Bonchev–Trinajstić information content (AvgIpc) is 2.36. The Labute approximate surface area is 116 Å². The zero-order chi connectivity index (χ0) is 15.9. The second kappa shape index (κ2) is 7.93. The van der Waals surface area contributed by atoms with Crippen LogP contribution < -0.4 is 0 Å². The first-order valence-electron chi connectivity index (χ1n) is 5.96. The van der Waals surface area contributed by atoms with Crippen LogP contribution in [0.1, 0.15) is 26.7 Å². The molecule has 0 amide bonds. The van der Waals surface area contributed by atoms with E-state index in [-0.39, 0.29) is 23.1 Å². The number of hydrogen-bond donors (Lipinski definition) is 3. The van der Waals surface area contributed by atoms with E-state index in [1.54, 1.807) is 6.92 Å². The van der Waals surface area contributed by atoms with Gasteiger partial charge in [0.15, 0.2) is 0 Å². The van der Waals surface area contributed by atoms with Gasteiger partial charge in [0.2, 0.25) is 0 Å². The molecule has 0 aliphatic rings. The Hall–Kier alpha value is -2.37. The van der Waals surface area contributed by atoms with Gasteiger partial charge in [-0.25, -0.2) is 14.4 Å². The van der Waals surface area contributed by atoms with Crippen molar-refractivity contribution < 1.29 is 29.7 Å². The molecule has 3 N–H and O–H groups in total. The summed E-state index contributed by atoms with van der Waals surface area (Å²) in [5.41, 5.74) is -0.117. The normalized spacial score (nSPS) is 13.7. The summed E-state index contributed by atoms with van der Waals surface area (Å²) >= 11 is 0. The van der Waals surface area contributed by atoms with Gasteiger partial charge in [0, 0.05) is 22.6 Å². The lowest BCUT2D eigenvalue weighted by atomic mass is 9.92. The smallest absolute Gasteiger partial charge is 0.331 e. The second-order valence-electron chi connectivity index (χ2n) is 4.25. The minimum Gasteiger partial charge on any atom is -0.478 e. The first kappa shape index (κ1) is 17.6. The Morgan fingerprint density at radius 1 is 1.10 bits per heavy atom. The molecule has 6 nitrogen and oxygen atoms in total. The molecule has 0 aromatic rings. The molecule has 0 saturated heterocycles. The Kier molecular flexibility index (Phi) is 6.99. The molecule has 0 aliphatic heterocycles. The summed E-state index contributed by atoms with van der Waals surface area (Å²) in [6, 6.07) is 0. The summed E-state index contributed by atoms with van der Waals surface area (Å²) in [4.78, 5) is 32.6. The van der Waals surface area contributed by atoms with Crippen LogP contribution >= 0.6 is 0 Å². The van der Waals surface area contributed by atoms with Gasteiger partial charge in [0.1, 0.15) is 0 Å². The van der Waals surface area contributed by atoms with Crippen LogP contribution in [0.4, 0.5) is 0 Å². The fourth-order valence-corrected chi connectivity index (χ4v) is 1.52. The highest BCUT2D eigenvalue weighted by atomic mass is 16.4. The maximum Gasteiger partial charge on any atom is 0.331 e. The van der Waals surface area contributed by atoms with Crippen LogP contribution in [0.15, 0.2) is 35.5 Å². The van der Waals surface area contributed by atoms with Crippen molar-refractivity contribution in [1.29, 1.82) is 0 Å². The number of aliphatic carboxylic acids is 3. The zero-order valence-corrected chi connectivity index (χ0v) is 11.4. The second-order valence-corrected chi connectivity index (χ2v) is 4.25. The Morgan fingerprint density at radius 3 is 2.00 bits per heavy atom. The molecule has 6 heteroatoms. The minimum absolute atomic E-state index is 0.0319. The van der Waals surface area contributed by atoms with Crippen molar-refractivity contribution >= 4 is 17.9 Å². The zero-order valence-electron chi connectivity index (χ0n) is 11.4. The monoisotopic (exact) mass is 282 g/mol. The summed E-state index contributed by atoms with van der Waals surface area (Å²) < 4.78 is 0. The standard InChI is InChI=1S/C14H18O6/c1-4-10(7-9(3)13(17)18)11(14(19)20)6-5-8(2)12(15)16/h6-7,10H,2,4-5H2,1,3H3,(H,15,16)(H,17,18)(H,19,20). The van der Waals surface area contributed by atoms with Crippen LogP contribution in [-0.2, 0) is 14.4 Å². The molecule has 0 spiro atoms. The number of allylic oxidation sites excluding steroid dienone is 2. The molecule has 0 aromatic carbocycles. The molecule has 1 atom stereocenters. The predicted octanol–water partition coefficient (Wildman–Crippen LogP) is 2.09. The van der Waals surface area contributed by atoms with E-state index in [0.717, 1.165) is 0 Å².